The highest BCUT2D eigenvalue weighted by molar-refractivity contribution is 7.50. The first kappa shape index (κ1) is 11.1. The van der Waals surface area contributed by atoms with Crippen molar-refractivity contribution in [1.29, 1.82) is 0 Å². The molecule has 0 fully saturated rings. The summed E-state index contributed by atoms with van der Waals surface area (Å²) in [5.41, 5.74) is 6.82. The molecule has 0 amide bonds. The van der Waals surface area contributed by atoms with E-state index in [1.807, 2.05) is 30.3 Å². The second-order valence-corrected chi connectivity index (χ2v) is 5.33. The standard InChI is InChI=1S/C11H12NO3P/c12-11-9(7-16(13,14)15)6-5-8-3-1-2-4-10(8)11/h1-6H,7,12H2,(H2,13,14,15). The van der Waals surface area contributed by atoms with Crippen molar-refractivity contribution in [2.45, 2.75) is 6.16 Å². The molecule has 0 unspecified atom stereocenters. The lowest BCUT2D eigenvalue weighted by Gasteiger charge is -2.09. The molecule has 4 nitrogen and oxygen atoms in total. The molecule has 84 valence electrons. The molecular formula is C11H12NO3P. The molecule has 16 heavy (non-hydrogen) atoms. The Balaban J connectivity index is 2.57. The van der Waals surface area contributed by atoms with Crippen LogP contribution in [-0.2, 0) is 10.7 Å². The van der Waals surface area contributed by atoms with Crippen LogP contribution >= 0.6 is 7.60 Å². The van der Waals surface area contributed by atoms with Gasteiger partial charge in [0.2, 0.25) is 0 Å². The summed E-state index contributed by atoms with van der Waals surface area (Å²) >= 11 is 0. The van der Waals surface area contributed by atoms with Crippen molar-refractivity contribution in [2.24, 2.45) is 0 Å². The number of benzene rings is 2. The minimum Gasteiger partial charge on any atom is -0.398 e. The summed E-state index contributed by atoms with van der Waals surface area (Å²) in [6.07, 6.45) is -0.316. The number of nitrogens with two attached hydrogens (primary N) is 1. The van der Waals surface area contributed by atoms with E-state index in [1.54, 1.807) is 6.07 Å². The van der Waals surface area contributed by atoms with E-state index < -0.39 is 7.60 Å². The molecule has 2 rings (SSSR count). The Hall–Kier alpha value is -1.35. The third kappa shape index (κ3) is 2.25. The Bertz CT molecular complexity index is 576. The predicted octanol–water partition coefficient (Wildman–Crippen LogP) is 2.10. The first-order valence-corrected chi connectivity index (χ1v) is 6.58. The highest BCUT2D eigenvalue weighted by Gasteiger charge is 2.16. The maximum Gasteiger partial charge on any atom is 0.329 e. The third-order valence-electron chi connectivity index (χ3n) is 2.44. The molecule has 0 aliphatic rings. The molecule has 2 aromatic rings. The number of hydrogen-bond acceptors (Lipinski definition) is 2. The van der Waals surface area contributed by atoms with Crippen LogP contribution in [0.3, 0.4) is 0 Å². The van der Waals surface area contributed by atoms with E-state index >= 15 is 0 Å². The van der Waals surface area contributed by atoms with Gasteiger partial charge in [0.15, 0.2) is 0 Å². The van der Waals surface area contributed by atoms with Crippen LogP contribution in [0.15, 0.2) is 36.4 Å². The van der Waals surface area contributed by atoms with E-state index in [4.69, 9.17) is 15.5 Å². The molecule has 5 heteroatoms. The fraction of sp³-hybridized carbons (Fsp3) is 0.0909. The lowest BCUT2D eigenvalue weighted by atomic mass is 10.1. The van der Waals surface area contributed by atoms with Crippen LogP contribution in [0.4, 0.5) is 5.69 Å². The Labute approximate surface area is 92.9 Å². The first-order valence-electron chi connectivity index (χ1n) is 4.78. The van der Waals surface area contributed by atoms with Crippen LogP contribution in [-0.4, -0.2) is 9.79 Å². The molecule has 0 aromatic heterocycles. The Morgan fingerprint density at radius 3 is 2.50 bits per heavy atom. The molecule has 0 radical (unpaired) electrons. The minimum absolute atomic E-state index is 0.316. The summed E-state index contributed by atoms with van der Waals surface area (Å²) in [6.45, 7) is 0. The van der Waals surface area contributed by atoms with Gasteiger partial charge in [-0.05, 0) is 10.9 Å². The van der Waals surface area contributed by atoms with Gasteiger partial charge in [-0.1, -0.05) is 36.4 Å². The van der Waals surface area contributed by atoms with Crippen LogP contribution in [0.5, 0.6) is 0 Å². The fourth-order valence-electron chi connectivity index (χ4n) is 1.70. The molecule has 0 atom stereocenters. The molecule has 0 aliphatic carbocycles. The topological polar surface area (TPSA) is 83.6 Å². The highest BCUT2D eigenvalue weighted by atomic mass is 31.2. The average Bonchev–Trinajstić information content (AvgIpc) is 2.21. The highest BCUT2D eigenvalue weighted by Crippen LogP contribution is 2.41. The molecule has 2 aromatic carbocycles. The molecular weight excluding hydrogens is 225 g/mol. The number of fused-ring (bicyclic) bond motifs is 1. The van der Waals surface area contributed by atoms with Gasteiger partial charge in [-0.25, -0.2) is 0 Å². The van der Waals surface area contributed by atoms with Gasteiger partial charge in [0.05, 0.1) is 6.16 Å². The van der Waals surface area contributed by atoms with Crippen molar-refractivity contribution < 1.29 is 14.4 Å². The largest absolute Gasteiger partial charge is 0.398 e. The summed E-state index contributed by atoms with van der Waals surface area (Å²) in [5.74, 6) is 0. The molecule has 0 bridgehead atoms. The van der Waals surface area contributed by atoms with E-state index in [0.717, 1.165) is 10.8 Å². The van der Waals surface area contributed by atoms with Gasteiger partial charge in [-0.3, -0.25) is 4.57 Å². The van der Waals surface area contributed by atoms with Gasteiger partial charge < -0.3 is 15.5 Å². The SMILES string of the molecule is Nc1c(CP(=O)(O)O)ccc2ccccc12. The van der Waals surface area contributed by atoms with Crippen molar-refractivity contribution >= 4 is 24.1 Å². The number of rotatable bonds is 2. The van der Waals surface area contributed by atoms with Crippen LogP contribution < -0.4 is 5.73 Å². The molecule has 0 saturated carbocycles. The predicted molar refractivity (Wildman–Crippen MR) is 64.1 cm³/mol. The number of anilines is 1. The summed E-state index contributed by atoms with van der Waals surface area (Å²) in [4.78, 5) is 17.8. The quantitative estimate of drug-likeness (QED) is 0.551. The Morgan fingerprint density at radius 2 is 1.81 bits per heavy atom. The van der Waals surface area contributed by atoms with Crippen LogP contribution in [0.2, 0.25) is 0 Å². The van der Waals surface area contributed by atoms with Gasteiger partial charge in [-0.15, -0.1) is 0 Å². The summed E-state index contributed by atoms with van der Waals surface area (Å²) in [6, 6.07) is 11.0. The van der Waals surface area contributed by atoms with Crippen molar-refractivity contribution in [3.05, 3.63) is 42.0 Å². The van der Waals surface area contributed by atoms with E-state index in [0.29, 0.717) is 11.3 Å². The Kier molecular flexibility index (Phi) is 2.72. The van der Waals surface area contributed by atoms with Gasteiger partial charge in [0, 0.05) is 11.1 Å². The van der Waals surface area contributed by atoms with Gasteiger partial charge >= 0.3 is 7.60 Å². The first-order chi connectivity index (χ1) is 7.47. The van der Waals surface area contributed by atoms with Crippen LogP contribution in [0.1, 0.15) is 5.56 Å². The zero-order valence-corrected chi connectivity index (χ0v) is 9.39. The van der Waals surface area contributed by atoms with E-state index in [2.05, 4.69) is 0 Å². The van der Waals surface area contributed by atoms with Crippen molar-refractivity contribution in [3.8, 4) is 0 Å². The van der Waals surface area contributed by atoms with E-state index in [1.165, 1.54) is 0 Å². The zero-order valence-electron chi connectivity index (χ0n) is 8.50. The second-order valence-electron chi connectivity index (χ2n) is 3.68. The van der Waals surface area contributed by atoms with Crippen molar-refractivity contribution in [3.63, 3.8) is 0 Å². The van der Waals surface area contributed by atoms with Crippen LogP contribution in [0.25, 0.3) is 10.8 Å². The van der Waals surface area contributed by atoms with Crippen molar-refractivity contribution in [1.82, 2.24) is 0 Å². The van der Waals surface area contributed by atoms with Gasteiger partial charge in [0.25, 0.3) is 0 Å². The lowest BCUT2D eigenvalue weighted by Crippen LogP contribution is -1.96. The average molecular weight is 237 g/mol. The third-order valence-corrected chi connectivity index (χ3v) is 3.19. The molecule has 0 heterocycles. The second kappa shape index (κ2) is 3.91. The zero-order chi connectivity index (χ0) is 11.8. The summed E-state index contributed by atoms with van der Waals surface area (Å²) in [7, 11) is -4.07. The van der Waals surface area contributed by atoms with Crippen LogP contribution in [0, 0.1) is 0 Å². The summed E-state index contributed by atoms with van der Waals surface area (Å²) in [5, 5.41) is 1.79. The van der Waals surface area contributed by atoms with Gasteiger partial charge in [0.1, 0.15) is 0 Å². The fourth-order valence-corrected chi connectivity index (χ4v) is 2.42. The Morgan fingerprint density at radius 1 is 1.12 bits per heavy atom. The molecule has 0 aliphatic heterocycles. The maximum absolute atomic E-state index is 10.9. The van der Waals surface area contributed by atoms with E-state index in [9.17, 15) is 4.57 Å². The van der Waals surface area contributed by atoms with Crippen molar-refractivity contribution in [2.75, 3.05) is 5.73 Å². The lowest BCUT2D eigenvalue weighted by molar-refractivity contribution is 0.372. The summed E-state index contributed by atoms with van der Waals surface area (Å²) < 4.78 is 10.9. The number of nitrogen functional groups attached to an aromatic ring is 1. The number of hydrogen-bond donors (Lipinski definition) is 3. The normalized spacial score (nSPS) is 11.9. The smallest absolute Gasteiger partial charge is 0.329 e. The molecule has 0 spiro atoms. The monoisotopic (exact) mass is 237 g/mol. The molecule has 4 N–H and O–H groups in total. The minimum atomic E-state index is -4.07. The maximum atomic E-state index is 10.9. The molecule has 0 saturated heterocycles. The van der Waals surface area contributed by atoms with E-state index in [-0.39, 0.29) is 6.16 Å². The van der Waals surface area contributed by atoms with Gasteiger partial charge in [-0.2, -0.15) is 0 Å².